The molecule has 3 aromatic carbocycles. The fraction of sp³-hybridized carbons (Fsp3) is 0.167. The van der Waals surface area contributed by atoms with Crippen LogP contribution >= 0.6 is 0 Å². The van der Waals surface area contributed by atoms with E-state index in [0.29, 0.717) is 0 Å². The maximum absolute atomic E-state index is 2.27. The molecular formula is C24H25N. The van der Waals surface area contributed by atoms with Crippen LogP contribution in [0.15, 0.2) is 84.9 Å². The number of likely N-dealkylation sites (N-methyl/N-ethyl adjacent to an activating group) is 1. The third-order valence-electron chi connectivity index (χ3n) is 4.31. The van der Waals surface area contributed by atoms with E-state index >= 15 is 0 Å². The Kier molecular flexibility index (Phi) is 5.81. The van der Waals surface area contributed by atoms with E-state index in [4.69, 9.17) is 0 Å². The molecule has 3 rings (SSSR count). The van der Waals surface area contributed by atoms with Crippen molar-refractivity contribution in [3.05, 3.63) is 107 Å². The zero-order valence-corrected chi connectivity index (χ0v) is 15.0. The van der Waals surface area contributed by atoms with E-state index in [1.165, 1.54) is 27.8 Å². The van der Waals surface area contributed by atoms with Crippen LogP contribution in [0.2, 0.25) is 0 Å². The number of hydrogen-bond donors (Lipinski definition) is 0. The number of rotatable bonds is 6. The topological polar surface area (TPSA) is 3.24 Å². The Morgan fingerprint density at radius 3 is 1.88 bits per heavy atom. The van der Waals surface area contributed by atoms with Crippen molar-refractivity contribution in [1.82, 2.24) is 4.90 Å². The highest BCUT2D eigenvalue weighted by atomic mass is 15.0. The first kappa shape index (κ1) is 17.2. The summed E-state index contributed by atoms with van der Waals surface area (Å²) >= 11 is 0. The molecule has 0 spiro atoms. The van der Waals surface area contributed by atoms with Crippen molar-refractivity contribution in [3.63, 3.8) is 0 Å². The summed E-state index contributed by atoms with van der Waals surface area (Å²) in [5.41, 5.74) is 6.35. The lowest BCUT2D eigenvalue weighted by Crippen LogP contribution is -2.14. The van der Waals surface area contributed by atoms with E-state index in [1.807, 2.05) is 0 Å². The van der Waals surface area contributed by atoms with Gasteiger partial charge >= 0.3 is 0 Å². The van der Waals surface area contributed by atoms with Gasteiger partial charge in [-0.05, 0) is 54.4 Å². The zero-order valence-electron chi connectivity index (χ0n) is 15.0. The molecule has 25 heavy (non-hydrogen) atoms. The molecule has 1 heteroatoms. The third-order valence-corrected chi connectivity index (χ3v) is 4.31. The maximum atomic E-state index is 2.27. The fourth-order valence-electron chi connectivity index (χ4n) is 2.87. The average molecular weight is 327 g/mol. The van der Waals surface area contributed by atoms with Gasteiger partial charge in [0.25, 0.3) is 0 Å². The van der Waals surface area contributed by atoms with Crippen LogP contribution in [0.5, 0.6) is 0 Å². The maximum Gasteiger partial charge on any atom is 0.00157 e. The summed E-state index contributed by atoms with van der Waals surface area (Å²) < 4.78 is 0. The van der Waals surface area contributed by atoms with Gasteiger partial charge in [-0.3, -0.25) is 0 Å². The van der Waals surface area contributed by atoms with Gasteiger partial charge in [-0.15, -0.1) is 0 Å². The highest BCUT2D eigenvalue weighted by Gasteiger charge is 2.06. The van der Waals surface area contributed by atoms with Gasteiger partial charge in [0.1, 0.15) is 0 Å². The van der Waals surface area contributed by atoms with Crippen molar-refractivity contribution in [2.24, 2.45) is 0 Å². The van der Waals surface area contributed by atoms with Crippen molar-refractivity contribution in [1.29, 1.82) is 0 Å². The van der Waals surface area contributed by atoms with Crippen LogP contribution in [0.1, 0.15) is 22.3 Å². The lowest BCUT2D eigenvalue weighted by Gasteiger charge is -2.12. The summed E-state index contributed by atoms with van der Waals surface area (Å²) in [5, 5.41) is 0. The smallest absolute Gasteiger partial charge is 0.00157 e. The van der Waals surface area contributed by atoms with E-state index in [9.17, 15) is 0 Å². The minimum Gasteiger partial charge on any atom is -0.309 e. The van der Waals surface area contributed by atoms with Crippen LogP contribution in [0, 0.1) is 0 Å². The molecule has 126 valence electrons. The zero-order chi connectivity index (χ0) is 17.5. The largest absolute Gasteiger partial charge is 0.309 e. The number of hydrogen-bond acceptors (Lipinski definition) is 1. The van der Waals surface area contributed by atoms with E-state index in [-0.39, 0.29) is 0 Å². The summed E-state index contributed by atoms with van der Waals surface area (Å²) in [7, 11) is 4.23. The van der Waals surface area contributed by atoms with Gasteiger partial charge < -0.3 is 4.90 Å². The summed E-state index contributed by atoms with van der Waals surface area (Å²) in [4.78, 5) is 2.22. The summed E-state index contributed by atoms with van der Waals surface area (Å²) in [6.07, 6.45) is 3.35. The molecule has 0 aromatic heterocycles. The molecule has 3 aromatic rings. The molecular weight excluding hydrogens is 302 g/mol. The SMILES string of the molecule is CN(C)CCc1ccc(/C(=C/c2ccccc2)c2ccccc2)cc1. The first-order valence-electron chi connectivity index (χ1n) is 8.78. The molecule has 0 saturated heterocycles. The predicted octanol–water partition coefficient (Wildman–Crippen LogP) is 5.38. The predicted molar refractivity (Wildman–Crippen MR) is 109 cm³/mol. The van der Waals surface area contributed by atoms with Crippen LogP contribution in [0.25, 0.3) is 11.6 Å². The standard InChI is InChI=1S/C24H25N/c1-25(2)18-17-20-13-15-23(16-14-20)24(22-11-7-4-8-12-22)19-21-9-5-3-6-10-21/h3-16,19H,17-18H2,1-2H3/b24-19+. The normalized spacial score (nSPS) is 11.7. The summed E-state index contributed by atoms with van der Waals surface area (Å²) in [6.45, 7) is 1.07. The molecule has 0 bridgehead atoms. The van der Waals surface area contributed by atoms with Crippen LogP contribution in [-0.4, -0.2) is 25.5 Å². The van der Waals surface area contributed by atoms with E-state index in [2.05, 4.69) is 110 Å². The van der Waals surface area contributed by atoms with Gasteiger partial charge in [0.2, 0.25) is 0 Å². The fourth-order valence-corrected chi connectivity index (χ4v) is 2.87. The summed E-state index contributed by atoms with van der Waals surface area (Å²) in [6, 6.07) is 30.1. The van der Waals surface area contributed by atoms with Crippen molar-refractivity contribution in [2.75, 3.05) is 20.6 Å². The van der Waals surface area contributed by atoms with Crippen LogP contribution in [0.4, 0.5) is 0 Å². The second-order valence-corrected chi connectivity index (χ2v) is 6.58. The van der Waals surface area contributed by atoms with Crippen LogP contribution in [-0.2, 0) is 6.42 Å². The molecule has 0 aliphatic rings. The van der Waals surface area contributed by atoms with E-state index in [1.54, 1.807) is 0 Å². The minimum atomic E-state index is 1.07. The Hall–Kier alpha value is -2.64. The van der Waals surface area contributed by atoms with E-state index < -0.39 is 0 Å². The number of benzene rings is 3. The van der Waals surface area contributed by atoms with Crippen molar-refractivity contribution >= 4 is 11.6 Å². The van der Waals surface area contributed by atoms with Gasteiger partial charge in [-0.25, -0.2) is 0 Å². The van der Waals surface area contributed by atoms with Crippen LogP contribution in [0.3, 0.4) is 0 Å². The molecule has 1 nitrogen and oxygen atoms in total. The quantitative estimate of drug-likeness (QED) is 0.549. The Morgan fingerprint density at radius 1 is 0.720 bits per heavy atom. The highest BCUT2D eigenvalue weighted by Crippen LogP contribution is 2.26. The molecule has 0 amide bonds. The molecule has 0 aliphatic heterocycles. The Bertz CT molecular complexity index is 800. The first-order valence-corrected chi connectivity index (χ1v) is 8.78. The monoisotopic (exact) mass is 327 g/mol. The van der Waals surface area contributed by atoms with Crippen molar-refractivity contribution in [2.45, 2.75) is 6.42 Å². The lowest BCUT2D eigenvalue weighted by molar-refractivity contribution is 0.413. The number of nitrogens with zero attached hydrogens (tertiary/aromatic N) is 1. The molecule has 0 heterocycles. The van der Waals surface area contributed by atoms with Gasteiger partial charge in [0.05, 0.1) is 0 Å². The Labute approximate surface area is 151 Å². The van der Waals surface area contributed by atoms with Crippen molar-refractivity contribution < 1.29 is 0 Å². The second-order valence-electron chi connectivity index (χ2n) is 6.58. The molecule has 0 radical (unpaired) electrons. The molecule has 0 fully saturated rings. The Morgan fingerprint density at radius 2 is 1.28 bits per heavy atom. The van der Waals surface area contributed by atoms with Crippen LogP contribution < -0.4 is 0 Å². The molecule has 0 aliphatic carbocycles. The molecule has 0 saturated carbocycles. The second kappa shape index (κ2) is 8.46. The van der Waals surface area contributed by atoms with Gasteiger partial charge in [0.15, 0.2) is 0 Å². The molecule has 0 atom stereocenters. The molecule has 0 unspecified atom stereocenters. The highest BCUT2D eigenvalue weighted by molar-refractivity contribution is 5.91. The third kappa shape index (κ3) is 4.91. The first-order chi connectivity index (χ1) is 12.2. The Balaban J connectivity index is 1.94. The van der Waals surface area contributed by atoms with E-state index in [0.717, 1.165) is 13.0 Å². The van der Waals surface area contributed by atoms with Gasteiger partial charge in [-0.1, -0.05) is 84.9 Å². The average Bonchev–Trinajstić information content (AvgIpc) is 2.66. The molecule has 0 N–H and O–H groups in total. The minimum absolute atomic E-state index is 1.07. The van der Waals surface area contributed by atoms with Crippen molar-refractivity contribution in [3.8, 4) is 0 Å². The lowest BCUT2D eigenvalue weighted by atomic mass is 9.94. The summed E-state index contributed by atoms with van der Waals surface area (Å²) in [5.74, 6) is 0. The van der Waals surface area contributed by atoms with Gasteiger partial charge in [0, 0.05) is 6.54 Å². The van der Waals surface area contributed by atoms with Gasteiger partial charge in [-0.2, -0.15) is 0 Å².